The highest BCUT2D eigenvalue weighted by molar-refractivity contribution is 5.97. The van der Waals surface area contributed by atoms with Gasteiger partial charge < -0.3 is 16.2 Å². The van der Waals surface area contributed by atoms with Gasteiger partial charge in [-0.25, -0.2) is 4.39 Å². The minimum Gasteiger partial charge on any atom is -0.481 e. The van der Waals surface area contributed by atoms with E-state index >= 15 is 0 Å². The van der Waals surface area contributed by atoms with Crippen molar-refractivity contribution in [1.82, 2.24) is 4.98 Å². The molecule has 0 saturated heterocycles. The highest BCUT2D eigenvalue weighted by Crippen LogP contribution is 2.37. The minimum absolute atomic E-state index is 0.234. The second-order valence-corrected chi connectivity index (χ2v) is 7.54. The van der Waals surface area contributed by atoms with Crippen LogP contribution in [0.25, 0.3) is 22.0 Å². The standard InChI is InChI=1S/C23H26FN3O2/c1-13(2)10-21-18(12-25)22(16-6-4-5-7-19(16)24)17-11-15(8-9-20(17)27-21)29-14(3)23(26)28/h4-9,11,13-14H,10,12,25H2,1-3H3,(H2,26,28). The second kappa shape index (κ2) is 8.57. The monoisotopic (exact) mass is 395 g/mol. The van der Waals surface area contributed by atoms with Crippen molar-refractivity contribution < 1.29 is 13.9 Å². The van der Waals surface area contributed by atoms with E-state index in [1.54, 1.807) is 37.3 Å². The molecular weight excluding hydrogens is 369 g/mol. The van der Waals surface area contributed by atoms with Crippen LogP contribution in [-0.4, -0.2) is 17.0 Å². The summed E-state index contributed by atoms with van der Waals surface area (Å²) < 4.78 is 20.4. The van der Waals surface area contributed by atoms with Gasteiger partial charge in [0.05, 0.1) is 5.52 Å². The summed E-state index contributed by atoms with van der Waals surface area (Å²) in [6.45, 7) is 6.03. The van der Waals surface area contributed by atoms with Crippen LogP contribution in [0.5, 0.6) is 5.75 Å². The molecule has 0 bridgehead atoms. The normalized spacial score (nSPS) is 12.3. The van der Waals surface area contributed by atoms with Crippen molar-refractivity contribution in [1.29, 1.82) is 0 Å². The maximum atomic E-state index is 14.8. The Balaban J connectivity index is 2.30. The van der Waals surface area contributed by atoms with E-state index in [1.807, 2.05) is 6.07 Å². The number of aromatic nitrogens is 1. The topological polar surface area (TPSA) is 91.2 Å². The zero-order valence-electron chi connectivity index (χ0n) is 16.9. The maximum Gasteiger partial charge on any atom is 0.258 e. The Kier molecular flexibility index (Phi) is 6.13. The summed E-state index contributed by atoms with van der Waals surface area (Å²) in [6, 6.07) is 11.9. The first-order valence-electron chi connectivity index (χ1n) is 9.68. The van der Waals surface area contributed by atoms with Gasteiger partial charge in [0.1, 0.15) is 11.6 Å². The van der Waals surface area contributed by atoms with Gasteiger partial charge in [-0.15, -0.1) is 0 Å². The second-order valence-electron chi connectivity index (χ2n) is 7.54. The third kappa shape index (κ3) is 4.38. The Bertz CT molecular complexity index is 1050. The van der Waals surface area contributed by atoms with Gasteiger partial charge in [0.2, 0.25) is 0 Å². The van der Waals surface area contributed by atoms with Crippen LogP contribution in [0, 0.1) is 11.7 Å². The number of hydrogen-bond acceptors (Lipinski definition) is 4. The smallest absolute Gasteiger partial charge is 0.258 e. The molecule has 2 aromatic carbocycles. The van der Waals surface area contributed by atoms with Gasteiger partial charge in [0, 0.05) is 28.8 Å². The van der Waals surface area contributed by atoms with Gasteiger partial charge in [0.25, 0.3) is 5.91 Å². The van der Waals surface area contributed by atoms with Crippen LogP contribution in [0.3, 0.4) is 0 Å². The average molecular weight is 395 g/mol. The molecule has 4 N–H and O–H groups in total. The number of rotatable bonds is 7. The summed E-state index contributed by atoms with van der Waals surface area (Å²) in [6.07, 6.45) is -0.0486. The van der Waals surface area contributed by atoms with Gasteiger partial charge >= 0.3 is 0 Å². The molecule has 0 aliphatic heterocycles. The van der Waals surface area contributed by atoms with E-state index in [1.165, 1.54) is 6.07 Å². The van der Waals surface area contributed by atoms with Crippen molar-refractivity contribution >= 4 is 16.8 Å². The lowest BCUT2D eigenvalue weighted by atomic mass is 9.91. The Labute approximate surface area is 169 Å². The number of ether oxygens (including phenoxy) is 1. The number of amides is 1. The van der Waals surface area contributed by atoms with Gasteiger partial charge in [-0.3, -0.25) is 9.78 Å². The summed E-state index contributed by atoms with van der Waals surface area (Å²) >= 11 is 0. The predicted molar refractivity (Wildman–Crippen MR) is 113 cm³/mol. The van der Waals surface area contributed by atoms with Crippen molar-refractivity contribution in [3.63, 3.8) is 0 Å². The van der Waals surface area contributed by atoms with Crippen LogP contribution >= 0.6 is 0 Å². The molecule has 1 unspecified atom stereocenters. The van der Waals surface area contributed by atoms with E-state index in [-0.39, 0.29) is 12.4 Å². The molecule has 6 heteroatoms. The SMILES string of the molecule is CC(C)Cc1nc2ccc(OC(C)C(N)=O)cc2c(-c2ccccc2F)c1CN. The lowest BCUT2D eigenvalue weighted by Gasteiger charge is -2.19. The predicted octanol–water partition coefficient (Wildman–Crippen LogP) is 3.95. The molecule has 5 nitrogen and oxygen atoms in total. The van der Waals surface area contributed by atoms with E-state index in [0.29, 0.717) is 22.8 Å². The van der Waals surface area contributed by atoms with Crippen LogP contribution in [-0.2, 0) is 17.8 Å². The molecular formula is C23H26FN3O2. The molecule has 1 heterocycles. The minimum atomic E-state index is -0.786. The Morgan fingerprint density at radius 2 is 1.90 bits per heavy atom. The summed E-state index contributed by atoms with van der Waals surface area (Å²) in [7, 11) is 0. The summed E-state index contributed by atoms with van der Waals surface area (Å²) in [5, 5.41) is 0.720. The number of hydrogen-bond donors (Lipinski definition) is 2. The highest BCUT2D eigenvalue weighted by Gasteiger charge is 2.20. The molecule has 1 aromatic heterocycles. The van der Waals surface area contributed by atoms with Crippen molar-refractivity contribution in [2.75, 3.05) is 0 Å². The van der Waals surface area contributed by atoms with E-state index in [4.69, 9.17) is 21.2 Å². The molecule has 3 rings (SSSR count). The highest BCUT2D eigenvalue weighted by atomic mass is 19.1. The lowest BCUT2D eigenvalue weighted by molar-refractivity contribution is -0.123. The summed E-state index contributed by atoms with van der Waals surface area (Å²) in [5.41, 5.74) is 15.0. The number of nitrogens with zero attached hydrogens (tertiary/aromatic N) is 1. The molecule has 0 aliphatic rings. The van der Waals surface area contributed by atoms with Gasteiger partial charge in [-0.1, -0.05) is 32.0 Å². The Morgan fingerprint density at radius 3 is 2.52 bits per heavy atom. The number of carbonyl (C=O) groups excluding carboxylic acids is 1. The van der Waals surface area contributed by atoms with Gasteiger partial charge in [0.15, 0.2) is 6.10 Å². The van der Waals surface area contributed by atoms with Crippen LogP contribution in [0.15, 0.2) is 42.5 Å². The number of nitrogens with two attached hydrogens (primary N) is 2. The fraction of sp³-hybridized carbons (Fsp3) is 0.304. The molecule has 0 radical (unpaired) electrons. The maximum absolute atomic E-state index is 14.8. The first kappa shape index (κ1) is 20.7. The van der Waals surface area contributed by atoms with Crippen LogP contribution in [0.1, 0.15) is 32.0 Å². The largest absolute Gasteiger partial charge is 0.481 e. The van der Waals surface area contributed by atoms with E-state index in [9.17, 15) is 9.18 Å². The number of fused-ring (bicyclic) bond motifs is 1. The van der Waals surface area contributed by atoms with Gasteiger partial charge in [-0.2, -0.15) is 0 Å². The zero-order chi connectivity index (χ0) is 21.1. The first-order valence-corrected chi connectivity index (χ1v) is 9.68. The molecule has 29 heavy (non-hydrogen) atoms. The zero-order valence-corrected chi connectivity index (χ0v) is 16.9. The fourth-order valence-electron chi connectivity index (χ4n) is 3.42. The molecule has 152 valence electrons. The molecule has 1 amide bonds. The average Bonchev–Trinajstić information content (AvgIpc) is 2.67. The molecule has 0 aliphatic carbocycles. The molecule has 1 atom stereocenters. The number of pyridine rings is 1. The van der Waals surface area contributed by atoms with Crippen molar-refractivity contribution in [3.05, 3.63) is 59.5 Å². The van der Waals surface area contributed by atoms with Crippen LogP contribution in [0.2, 0.25) is 0 Å². The van der Waals surface area contributed by atoms with E-state index in [2.05, 4.69) is 13.8 Å². The number of primary amides is 1. The third-order valence-electron chi connectivity index (χ3n) is 4.81. The van der Waals surface area contributed by atoms with Crippen molar-refractivity contribution in [2.24, 2.45) is 17.4 Å². The number of carbonyl (C=O) groups is 1. The van der Waals surface area contributed by atoms with Crippen molar-refractivity contribution in [2.45, 2.75) is 39.8 Å². The molecule has 0 spiro atoms. The molecule has 0 saturated carbocycles. The van der Waals surface area contributed by atoms with E-state index in [0.717, 1.165) is 28.6 Å². The van der Waals surface area contributed by atoms with Crippen LogP contribution in [0.4, 0.5) is 4.39 Å². The van der Waals surface area contributed by atoms with Crippen molar-refractivity contribution in [3.8, 4) is 16.9 Å². The van der Waals surface area contributed by atoms with E-state index < -0.39 is 12.0 Å². The Morgan fingerprint density at radius 1 is 1.17 bits per heavy atom. The lowest BCUT2D eigenvalue weighted by Crippen LogP contribution is -2.30. The summed E-state index contributed by atoms with van der Waals surface area (Å²) in [5.74, 6) is -0.0602. The third-order valence-corrected chi connectivity index (χ3v) is 4.81. The molecule has 3 aromatic rings. The quantitative estimate of drug-likeness (QED) is 0.634. The number of halogens is 1. The van der Waals surface area contributed by atoms with Gasteiger partial charge in [-0.05, 0) is 49.1 Å². The first-order chi connectivity index (χ1) is 13.8. The summed E-state index contributed by atoms with van der Waals surface area (Å²) in [4.78, 5) is 16.2. The number of benzene rings is 2. The fourth-order valence-corrected chi connectivity index (χ4v) is 3.42. The van der Waals surface area contributed by atoms with Crippen LogP contribution < -0.4 is 16.2 Å². The Hall–Kier alpha value is -2.99. The molecule has 0 fully saturated rings.